The Bertz CT molecular complexity index is 737. The van der Waals surface area contributed by atoms with Gasteiger partial charge in [0.2, 0.25) is 0 Å². The molecule has 0 aliphatic carbocycles. The summed E-state index contributed by atoms with van der Waals surface area (Å²) in [6.07, 6.45) is 1.40. The minimum absolute atomic E-state index is 0.300. The smallest absolute Gasteiger partial charge is 0.177 e. The molecule has 2 heterocycles. The Morgan fingerprint density at radius 1 is 1.20 bits per heavy atom. The molecule has 20 heavy (non-hydrogen) atoms. The first kappa shape index (κ1) is 12.5. The molecule has 0 radical (unpaired) electrons. The van der Waals surface area contributed by atoms with Crippen molar-refractivity contribution >= 4 is 10.8 Å². The molecule has 3 aromatic rings. The standard InChI is InChI=1S/C14H15N5O/c1-9(2)14-12-5-4-11(20-3)6-10(12)7-13(17-14)19-16-8-15-18-19/h4-9H,1-3H3. The third kappa shape index (κ3) is 2.09. The molecule has 1 aromatic carbocycles. The van der Waals surface area contributed by atoms with Gasteiger partial charge >= 0.3 is 0 Å². The Hall–Kier alpha value is -2.50. The van der Waals surface area contributed by atoms with Gasteiger partial charge in [-0.2, -0.15) is 0 Å². The van der Waals surface area contributed by atoms with Crippen LogP contribution >= 0.6 is 0 Å². The number of hydrogen-bond acceptors (Lipinski definition) is 5. The van der Waals surface area contributed by atoms with E-state index in [2.05, 4.69) is 34.2 Å². The van der Waals surface area contributed by atoms with Crippen LogP contribution in [0.15, 0.2) is 30.6 Å². The monoisotopic (exact) mass is 269 g/mol. The second-order valence-corrected chi connectivity index (χ2v) is 4.83. The zero-order valence-electron chi connectivity index (χ0n) is 11.6. The van der Waals surface area contributed by atoms with Crippen LogP contribution in [-0.2, 0) is 0 Å². The van der Waals surface area contributed by atoms with Crippen molar-refractivity contribution in [1.29, 1.82) is 0 Å². The molecule has 0 saturated carbocycles. The summed E-state index contributed by atoms with van der Waals surface area (Å²) in [5.74, 6) is 1.78. The summed E-state index contributed by atoms with van der Waals surface area (Å²) >= 11 is 0. The van der Waals surface area contributed by atoms with E-state index in [4.69, 9.17) is 4.74 Å². The Labute approximate surface area is 116 Å². The van der Waals surface area contributed by atoms with Crippen LogP contribution in [0.3, 0.4) is 0 Å². The van der Waals surface area contributed by atoms with Gasteiger partial charge in [-0.25, -0.2) is 4.98 Å². The molecule has 6 nitrogen and oxygen atoms in total. The Balaban J connectivity index is 2.28. The van der Waals surface area contributed by atoms with E-state index in [-0.39, 0.29) is 0 Å². The first-order valence-electron chi connectivity index (χ1n) is 6.41. The van der Waals surface area contributed by atoms with Gasteiger partial charge in [-0.3, -0.25) is 0 Å². The van der Waals surface area contributed by atoms with Crippen LogP contribution in [0.5, 0.6) is 5.75 Å². The number of methoxy groups -OCH3 is 1. The van der Waals surface area contributed by atoms with Crippen LogP contribution in [0.4, 0.5) is 0 Å². The van der Waals surface area contributed by atoms with Crippen LogP contribution in [-0.4, -0.2) is 32.3 Å². The summed E-state index contributed by atoms with van der Waals surface area (Å²) < 4.78 is 5.28. The summed E-state index contributed by atoms with van der Waals surface area (Å²) in [6, 6.07) is 7.91. The van der Waals surface area contributed by atoms with Crippen molar-refractivity contribution in [2.45, 2.75) is 19.8 Å². The van der Waals surface area contributed by atoms with Gasteiger partial charge in [0.25, 0.3) is 0 Å². The van der Waals surface area contributed by atoms with Gasteiger partial charge in [0, 0.05) is 5.39 Å². The van der Waals surface area contributed by atoms with Crippen molar-refractivity contribution in [3.8, 4) is 11.6 Å². The summed E-state index contributed by atoms with van der Waals surface area (Å²) in [5, 5.41) is 13.8. The molecule has 0 aliphatic rings. The van der Waals surface area contributed by atoms with Crippen LogP contribution in [0.1, 0.15) is 25.5 Å². The fourth-order valence-corrected chi connectivity index (χ4v) is 2.19. The fourth-order valence-electron chi connectivity index (χ4n) is 2.19. The molecule has 2 aromatic heterocycles. The number of ether oxygens (including phenoxy) is 1. The third-order valence-corrected chi connectivity index (χ3v) is 3.16. The SMILES string of the molecule is COc1ccc2c(C(C)C)nc(-n3ncnn3)cc2c1. The third-order valence-electron chi connectivity index (χ3n) is 3.16. The average Bonchev–Trinajstić information content (AvgIpc) is 2.99. The minimum atomic E-state index is 0.300. The lowest BCUT2D eigenvalue weighted by Crippen LogP contribution is -2.05. The molecular formula is C14H15N5O. The summed E-state index contributed by atoms with van der Waals surface area (Å²) in [5.41, 5.74) is 1.01. The topological polar surface area (TPSA) is 65.7 Å². The van der Waals surface area contributed by atoms with E-state index in [0.29, 0.717) is 11.7 Å². The first-order chi connectivity index (χ1) is 9.69. The van der Waals surface area contributed by atoms with E-state index in [1.807, 2.05) is 24.3 Å². The molecule has 0 bridgehead atoms. The zero-order chi connectivity index (χ0) is 14.1. The lowest BCUT2D eigenvalue weighted by Gasteiger charge is -2.12. The maximum absolute atomic E-state index is 5.28. The highest BCUT2D eigenvalue weighted by Gasteiger charge is 2.12. The highest BCUT2D eigenvalue weighted by molar-refractivity contribution is 5.87. The number of fused-ring (bicyclic) bond motifs is 1. The van der Waals surface area contributed by atoms with E-state index in [1.54, 1.807) is 7.11 Å². The predicted octanol–water partition coefficient (Wildman–Crippen LogP) is 2.34. The van der Waals surface area contributed by atoms with Gasteiger partial charge in [-0.1, -0.05) is 13.8 Å². The number of nitrogens with zero attached hydrogens (tertiary/aromatic N) is 5. The number of benzene rings is 1. The molecule has 0 aliphatic heterocycles. The van der Waals surface area contributed by atoms with Crippen LogP contribution in [0, 0.1) is 0 Å². The van der Waals surface area contributed by atoms with Crippen molar-refractivity contribution in [2.75, 3.05) is 7.11 Å². The molecule has 3 rings (SSSR count). The summed E-state index contributed by atoms with van der Waals surface area (Å²) in [7, 11) is 1.66. The highest BCUT2D eigenvalue weighted by atomic mass is 16.5. The van der Waals surface area contributed by atoms with Gasteiger partial charge in [-0.05, 0) is 40.8 Å². The Morgan fingerprint density at radius 3 is 2.70 bits per heavy atom. The number of rotatable bonds is 3. The van der Waals surface area contributed by atoms with Gasteiger partial charge in [-0.15, -0.1) is 15.0 Å². The van der Waals surface area contributed by atoms with E-state index in [1.165, 1.54) is 11.1 Å². The number of hydrogen-bond donors (Lipinski definition) is 0. The van der Waals surface area contributed by atoms with Crippen LogP contribution < -0.4 is 4.74 Å². The lowest BCUT2D eigenvalue weighted by atomic mass is 10.0. The van der Waals surface area contributed by atoms with Gasteiger partial charge < -0.3 is 4.74 Å². The minimum Gasteiger partial charge on any atom is -0.497 e. The predicted molar refractivity (Wildman–Crippen MR) is 75.1 cm³/mol. The van der Waals surface area contributed by atoms with Crippen molar-refractivity contribution in [3.05, 3.63) is 36.3 Å². The second-order valence-electron chi connectivity index (χ2n) is 4.83. The van der Waals surface area contributed by atoms with Crippen molar-refractivity contribution in [2.24, 2.45) is 0 Å². The van der Waals surface area contributed by atoms with E-state index >= 15 is 0 Å². The van der Waals surface area contributed by atoms with E-state index in [0.717, 1.165) is 22.2 Å². The van der Waals surface area contributed by atoms with Gasteiger partial charge in [0.15, 0.2) is 12.1 Å². The van der Waals surface area contributed by atoms with Gasteiger partial charge in [0.1, 0.15) is 5.75 Å². The normalized spacial score (nSPS) is 11.2. The van der Waals surface area contributed by atoms with Crippen molar-refractivity contribution < 1.29 is 4.74 Å². The second kappa shape index (κ2) is 4.88. The average molecular weight is 269 g/mol. The molecule has 0 fully saturated rings. The molecule has 0 atom stereocenters. The van der Waals surface area contributed by atoms with Gasteiger partial charge in [0.05, 0.1) is 12.8 Å². The van der Waals surface area contributed by atoms with Crippen LogP contribution in [0.25, 0.3) is 16.6 Å². The van der Waals surface area contributed by atoms with E-state index in [9.17, 15) is 0 Å². The van der Waals surface area contributed by atoms with Crippen molar-refractivity contribution in [1.82, 2.24) is 25.2 Å². The Kier molecular flexibility index (Phi) is 3.06. The quantitative estimate of drug-likeness (QED) is 0.730. The largest absolute Gasteiger partial charge is 0.497 e. The molecule has 102 valence electrons. The lowest BCUT2D eigenvalue weighted by molar-refractivity contribution is 0.415. The molecule has 6 heteroatoms. The maximum atomic E-state index is 5.28. The summed E-state index contributed by atoms with van der Waals surface area (Å²) in [6.45, 7) is 4.23. The molecular weight excluding hydrogens is 254 g/mol. The summed E-state index contributed by atoms with van der Waals surface area (Å²) in [4.78, 5) is 6.08. The zero-order valence-corrected chi connectivity index (χ0v) is 11.6. The fraction of sp³-hybridized carbons (Fsp3) is 0.286. The number of pyridine rings is 1. The maximum Gasteiger partial charge on any atom is 0.177 e. The Morgan fingerprint density at radius 2 is 2.05 bits per heavy atom. The number of tetrazole rings is 1. The number of aromatic nitrogens is 5. The van der Waals surface area contributed by atoms with Crippen LogP contribution in [0.2, 0.25) is 0 Å². The first-order valence-corrected chi connectivity index (χ1v) is 6.41. The molecule has 0 N–H and O–H groups in total. The molecule has 0 spiro atoms. The molecule has 0 amide bonds. The van der Waals surface area contributed by atoms with Crippen molar-refractivity contribution in [3.63, 3.8) is 0 Å². The molecule has 0 saturated heterocycles. The highest BCUT2D eigenvalue weighted by Crippen LogP contribution is 2.28. The van der Waals surface area contributed by atoms with E-state index < -0.39 is 0 Å². The molecule has 0 unspecified atom stereocenters.